The smallest absolute Gasteiger partial charge is 0.221 e. The molecule has 3 rings (SSSR count). The Morgan fingerprint density at radius 3 is 2.47 bits per heavy atom. The van der Waals surface area contributed by atoms with Gasteiger partial charge in [0.15, 0.2) is 0 Å². The van der Waals surface area contributed by atoms with E-state index in [0.29, 0.717) is 0 Å². The Labute approximate surface area is 110 Å². The van der Waals surface area contributed by atoms with E-state index in [1.54, 1.807) is 7.11 Å². The van der Waals surface area contributed by atoms with Gasteiger partial charge in [0.1, 0.15) is 5.75 Å². The van der Waals surface area contributed by atoms with E-state index in [4.69, 9.17) is 4.74 Å². The second-order valence-corrected chi connectivity index (χ2v) is 4.48. The minimum atomic E-state index is -0.0724. The Balaban J connectivity index is 2.23. The maximum Gasteiger partial charge on any atom is 0.221 e. The minimum absolute atomic E-state index is 0.0724. The molecule has 19 heavy (non-hydrogen) atoms. The van der Waals surface area contributed by atoms with Gasteiger partial charge in [-0.3, -0.25) is 4.79 Å². The number of carbonyl (C=O) groups is 1. The predicted molar refractivity (Wildman–Crippen MR) is 76.7 cm³/mol. The van der Waals surface area contributed by atoms with Gasteiger partial charge in [-0.15, -0.1) is 0 Å². The molecule has 0 aliphatic heterocycles. The number of aromatic nitrogens is 1. The van der Waals surface area contributed by atoms with E-state index >= 15 is 0 Å². The fourth-order valence-corrected chi connectivity index (χ4v) is 2.28. The molecule has 0 saturated carbocycles. The first-order valence-electron chi connectivity index (χ1n) is 6.04. The first-order chi connectivity index (χ1) is 9.17. The van der Waals surface area contributed by atoms with Crippen LogP contribution in [0.1, 0.15) is 6.92 Å². The third-order valence-electron chi connectivity index (χ3n) is 3.13. The van der Waals surface area contributed by atoms with Crippen LogP contribution in [-0.4, -0.2) is 18.0 Å². The number of amides is 1. The first kappa shape index (κ1) is 11.6. The number of H-pyrrole nitrogens is 1. The van der Waals surface area contributed by atoms with Gasteiger partial charge in [-0.05, 0) is 36.4 Å². The van der Waals surface area contributed by atoms with E-state index in [2.05, 4.69) is 10.3 Å². The minimum Gasteiger partial charge on any atom is -0.497 e. The monoisotopic (exact) mass is 254 g/mol. The van der Waals surface area contributed by atoms with Crippen LogP contribution in [0, 0.1) is 0 Å². The predicted octanol–water partition coefficient (Wildman–Crippen LogP) is 3.29. The highest BCUT2D eigenvalue weighted by Crippen LogP contribution is 2.30. The van der Waals surface area contributed by atoms with Crippen molar-refractivity contribution in [2.75, 3.05) is 12.4 Å². The summed E-state index contributed by atoms with van der Waals surface area (Å²) in [4.78, 5) is 14.5. The van der Waals surface area contributed by atoms with Crippen LogP contribution in [0.5, 0.6) is 5.75 Å². The number of hydrogen-bond acceptors (Lipinski definition) is 2. The summed E-state index contributed by atoms with van der Waals surface area (Å²) >= 11 is 0. The number of fused-ring (bicyclic) bond motifs is 3. The molecule has 2 N–H and O–H groups in total. The van der Waals surface area contributed by atoms with E-state index < -0.39 is 0 Å². The zero-order valence-electron chi connectivity index (χ0n) is 10.8. The lowest BCUT2D eigenvalue weighted by Gasteiger charge is -2.02. The van der Waals surface area contributed by atoms with Gasteiger partial charge in [0.05, 0.1) is 7.11 Å². The first-order valence-corrected chi connectivity index (χ1v) is 6.04. The molecule has 0 aliphatic rings. The number of anilines is 1. The maximum absolute atomic E-state index is 11.1. The van der Waals surface area contributed by atoms with Crippen LogP contribution in [0.25, 0.3) is 21.8 Å². The van der Waals surface area contributed by atoms with Gasteiger partial charge >= 0.3 is 0 Å². The van der Waals surface area contributed by atoms with Crippen molar-refractivity contribution in [3.05, 3.63) is 36.4 Å². The van der Waals surface area contributed by atoms with Crippen molar-refractivity contribution in [1.82, 2.24) is 4.98 Å². The SMILES string of the molecule is COc1ccc2[nH]c3ccc(NC(C)=O)cc3c2c1. The summed E-state index contributed by atoms with van der Waals surface area (Å²) in [7, 11) is 1.65. The summed E-state index contributed by atoms with van der Waals surface area (Å²) in [5, 5.41) is 4.95. The Morgan fingerprint density at radius 2 is 1.79 bits per heavy atom. The molecule has 2 aromatic carbocycles. The highest BCUT2D eigenvalue weighted by molar-refractivity contribution is 6.09. The molecule has 0 radical (unpaired) electrons. The quantitative estimate of drug-likeness (QED) is 0.737. The van der Waals surface area contributed by atoms with Gasteiger partial charge in [-0.2, -0.15) is 0 Å². The van der Waals surface area contributed by atoms with Crippen molar-refractivity contribution in [1.29, 1.82) is 0 Å². The van der Waals surface area contributed by atoms with Crippen LogP contribution in [0.2, 0.25) is 0 Å². The van der Waals surface area contributed by atoms with E-state index in [1.807, 2.05) is 36.4 Å². The van der Waals surface area contributed by atoms with Gasteiger partial charge in [0.25, 0.3) is 0 Å². The second kappa shape index (κ2) is 4.31. The average molecular weight is 254 g/mol. The summed E-state index contributed by atoms with van der Waals surface area (Å²) < 4.78 is 5.25. The lowest BCUT2D eigenvalue weighted by atomic mass is 10.1. The Bertz CT molecular complexity index is 774. The number of hydrogen-bond donors (Lipinski definition) is 2. The molecule has 0 bridgehead atoms. The Hall–Kier alpha value is -2.49. The van der Waals surface area contributed by atoms with Gasteiger partial charge < -0.3 is 15.0 Å². The summed E-state index contributed by atoms with van der Waals surface area (Å²) in [5.74, 6) is 0.745. The molecule has 0 atom stereocenters. The number of aromatic amines is 1. The largest absolute Gasteiger partial charge is 0.497 e. The number of methoxy groups -OCH3 is 1. The molecule has 4 heteroatoms. The van der Waals surface area contributed by atoms with Crippen LogP contribution in [-0.2, 0) is 4.79 Å². The van der Waals surface area contributed by atoms with E-state index in [9.17, 15) is 4.79 Å². The molecule has 0 unspecified atom stereocenters. The molecule has 1 amide bonds. The van der Waals surface area contributed by atoms with Crippen LogP contribution < -0.4 is 10.1 Å². The number of benzene rings is 2. The van der Waals surface area contributed by atoms with Crippen molar-refractivity contribution in [3.8, 4) is 5.75 Å². The Kier molecular flexibility index (Phi) is 2.63. The second-order valence-electron chi connectivity index (χ2n) is 4.48. The molecule has 0 fully saturated rings. The zero-order chi connectivity index (χ0) is 13.4. The van der Waals surface area contributed by atoms with Crippen molar-refractivity contribution in [2.24, 2.45) is 0 Å². The molecule has 1 aromatic heterocycles. The molecule has 0 saturated heterocycles. The van der Waals surface area contributed by atoms with Crippen LogP contribution in [0.4, 0.5) is 5.69 Å². The van der Waals surface area contributed by atoms with E-state index in [-0.39, 0.29) is 5.91 Å². The summed E-state index contributed by atoms with van der Waals surface area (Å²) in [5.41, 5.74) is 2.89. The summed E-state index contributed by atoms with van der Waals surface area (Å²) in [6.07, 6.45) is 0. The third-order valence-corrected chi connectivity index (χ3v) is 3.13. The molecule has 96 valence electrons. The molecular weight excluding hydrogens is 240 g/mol. The van der Waals surface area contributed by atoms with E-state index in [0.717, 1.165) is 33.2 Å². The number of nitrogens with one attached hydrogen (secondary N) is 2. The van der Waals surface area contributed by atoms with Crippen LogP contribution >= 0.6 is 0 Å². The van der Waals surface area contributed by atoms with Crippen molar-refractivity contribution < 1.29 is 9.53 Å². The third kappa shape index (κ3) is 2.01. The highest BCUT2D eigenvalue weighted by atomic mass is 16.5. The fraction of sp³-hybridized carbons (Fsp3) is 0.133. The van der Waals surface area contributed by atoms with Gasteiger partial charge in [0.2, 0.25) is 5.91 Å². The topological polar surface area (TPSA) is 54.1 Å². The normalized spacial score (nSPS) is 10.8. The van der Waals surface area contributed by atoms with Crippen LogP contribution in [0.3, 0.4) is 0 Å². The van der Waals surface area contributed by atoms with Gasteiger partial charge in [-0.1, -0.05) is 0 Å². The molecular formula is C15H14N2O2. The molecule has 0 aliphatic carbocycles. The molecule has 4 nitrogen and oxygen atoms in total. The van der Waals surface area contributed by atoms with Crippen LogP contribution in [0.15, 0.2) is 36.4 Å². The maximum atomic E-state index is 11.1. The molecule has 0 spiro atoms. The lowest BCUT2D eigenvalue weighted by Crippen LogP contribution is -2.05. The van der Waals surface area contributed by atoms with Crippen molar-refractivity contribution in [3.63, 3.8) is 0 Å². The summed E-state index contributed by atoms with van der Waals surface area (Å²) in [6, 6.07) is 11.7. The zero-order valence-corrected chi connectivity index (χ0v) is 10.8. The molecule has 1 heterocycles. The number of rotatable bonds is 2. The van der Waals surface area contributed by atoms with Crippen molar-refractivity contribution >= 4 is 33.4 Å². The Morgan fingerprint density at radius 1 is 1.11 bits per heavy atom. The van der Waals surface area contributed by atoms with Gasteiger partial charge in [-0.25, -0.2) is 0 Å². The fourth-order valence-electron chi connectivity index (χ4n) is 2.28. The van der Waals surface area contributed by atoms with E-state index in [1.165, 1.54) is 6.92 Å². The molecule has 3 aromatic rings. The average Bonchev–Trinajstić information content (AvgIpc) is 2.75. The summed E-state index contributed by atoms with van der Waals surface area (Å²) in [6.45, 7) is 1.50. The number of ether oxygens (including phenoxy) is 1. The number of carbonyl (C=O) groups excluding carboxylic acids is 1. The standard InChI is InChI=1S/C15H14N2O2/c1-9(18)16-10-3-5-14-12(7-10)13-8-11(19-2)4-6-15(13)17-14/h3-8,17H,1-2H3,(H,16,18). The van der Waals surface area contributed by atoms with Crippen molar-refractivity contribution in [2.45, 2.75) is 6.92 Å². The lowest BCUT2D eigenvalue weighted by molar-refractivity contribution is -0.114. The highest BCUT2D eigenvalue weighted by Gasteiger charge is 2.06. The van der Waals surface area contributed by atoms with Gasteiger partial charge in [0, 0.05) is 34.4 Å².